The summed E-state index contributed by atoms with van der Waals surface area (Å²) in [5, 5.41) is 15.2. The highest BCUT2D eigenvalue weighted by Crippen LogP contribution is 2.20. The van der Waals surface area contributed by atoms with E-state index in [-0.39, 0.29) is 30.1 Å². The molecule has 0 saturated heterocycles. The number of rotatable bonds is 7. The number of phenolic OH excluding ortho intramolecular Hbond substituents is 1. The number of hydrogen-bond donors (Lipinski definition) is 3. The summed E-state index contributed by atoms with van der Waals surface area (Å²) >= 11 is 1.46. The predicted molar refractivity (Wildman–Crippen MR) is 82.2 cm³/mol. The van der Waals surface area contributed by atoms with E-state index in [2.05, 4.69) is 10.6 Å². The van der Waals surface area contributed by atoms with E-state index >= 15 is 0 Å². The second kappa shape index (κ2) is 9.95. The second-order valence-corrected chi connectivity index (χ2v) is 5.09. The van der Waals surface area contributed by atoms with Crippen LogP contribution in [-0.2, 0) is 4.79 Å². The van der Waals surface area contributed by atoms with Crippen LogP contribution >= 0.6 is 24.2 Å². The van der Waals surface area contributed by atoms with Gasteiger partial charge in [-0.2, -0.15) is 0 Å². The number of halogens is 1. The Balaban J connectivity index is 0.00000324. The van der Waals surface area contributed by atoms with E-state index < -0.39 is 0 Å². The van der Waals surface area contributed by atoms with Gasteiger partial charge in [0.05, 0.1) is 5.75 Å². The summed E-state index contributed by atoms with van der Waals surface area (Å²) in [6.45, 7) is 5.62. The lowest BCUT2D eigenvalue weighted by atomic mass is 10.3. The van der Waals surface area contributed by atoms with Gasteiger partial charge in [0, 0.05) is 17.5 Å². The Morgan fingerprint density at radius 2 is 2.00 bits per heavy atom. The molecule has 0 aliphatic heterocycles. The molecule has 0 fully saturated rings. The van der Waals surface area contributed by atoms with E-state index in [1.165, 1.54) is 11.8 Å². The van der Waals surface area contributed by atoms with Crippen molar-refractivity contribution in [3.8, 4) is 5.75 Å². The number of phenols is 1. The zero-order chi connectivity index (χ0) is 13.4. The molecule has 0 spiro atoms. The summed E-state index contributed by atoms with van der Waals surface area (Å²) in [6, 6.07) is 7.13. The molecule has 1 atom stereocenters. The lowest BCUT2D eigenvalue weighted by Crippen LogP contribution is -2.39. The van der Waals surface area contributed by atoms with Crippen molar-refractivity contribution >= 4 is 30.1 Å². The van der Waals surface area contributed by atoms with Gasteiger partial charge in [0.25, 0.3) is 0 Å². The summed E-state index contributed by atoms with van der Waals surface area (Å²) < 4.78 is 0. The molecule has 1 rings (SSSR count). The van der Waals surface area contributed by atoms with E-state index in [0.717, 1.165) is 11.4 Å². The molecule has 0 radical (unpaired) electrons. The number of benzene rings is 1. The maximum absolute atomic E-state index is 11.6. The lowest BCUT2D eigenvalue weighted by molar-refractivity contribution is -0.118. The Morgan fingerprint density at radius 3 is 2.58 bits per heavy atom. The van der Waals surface area contributed by atoms with Crippen molar-refractivity contribution in [2.45, 2.75) is 24.8 Å². The maximum atomic E-state index is 11.6. The number of amides is 1. The van der Waals surface area contributed by atoms with Crippen LogP contribution in [0.2, 0.25) is 0 Å². The monoisotopic (exact) mass is 304 g/mol. The zero-order valence-corrected chi connectivity index (χ0v) is 12.8. The fourth-order valence-electron chi connectivity index (χ4n) is 1.43. The van der Waals surface area contributed by atoms with E-state index in [1.54, 1.807) is 24.3 Å². The molecule has 0 heterocycles. The molecule has 1 aromatic rings. The van der Waals surface area contributed by atoms with Gasteiger partial charge in [-0.1, -0.05) is 6.92 Å². The Hall–Kier alpha value is -0.910. The summed E-state index contributed by atoms with van der Waals surface area (Å²) in [5.74, 6) is 0.657. The van der Waals surface area contributed by atoms with E-state index in [9.17, 15) is 4.79 Å². The summed E-state index contributed by atoms with van der Waals surface area (Å²) in [6.07, 6.45) is 0. The summed E-state index contributed by atoms with van der Waals surface area (Å²) in [7, 11) is 0. The second-order valence-electron chi connectivity index (χ2n) is 4.05. The van der Waals surface area contributed by atoms with Gasteiger partial charge in [0.1, 0.15) is 5.75 Å². The number of nitrogens with one attached hydrogen (secondary N) is 2. The van der Waals surface area contributed by atoms with Crippen molar-refractivity contribution in [3.63, 3.8) is 0 Å². The smallest absolute Gasteiger partial charge is 0.230 e. The van der Waals surface area contributed by atoms with Crippen LogP contribution in [0.5, 0.6) is 5.75 Å². The minimum atomic E-state index is 0. The van der Waals surface area contributed by atoms with Gasteiger partial charge in [-0.25, -0.2) is 0 Å². The molecule has 4 nitrogen and oxygen atoms in total. The fraction of sp³-hybridized carbons (Fsp3) is 0.462. The van der Waals surface area contributed by atoms with Crippen LogP contribution in [0.15, 0.2) is 29.2 Å². The minimum Gasteiger partial charge on any atom is -0.508 e. The molecule has 1 amide bonds. The van der Waals surface area contributed by atoms with Crippen LogP contribution in [0.25, 0.3) is 0 Å². The van der Waals surface area contributed by atoms with Crippen LogP contribution in [0.4, 0.5) is 0 Å². The van der Waals surface area contributed by atoms with Gasteiger partial charge in [-0.05, 0) is 37.7 Å². The lowest BCUT2D eigenvalue weighted by Gasteiger charge is -2.13. The minimum absolute atomic E-state index is 0. The molecule has 0 unspecified atom stereocenters. The first-order valence-electron chi connectivity index (χ1n) is 6.03. The molecule has 0 aromatic heterocycles. The van der Waals surface area contributed by atoms with Gasteiger partial charge < -0.3 is 15.7 Å². The molecular formula is C13H21ClN2O2S. The predicted octanol–water partition coefficient (Wildman–Crippen LogP) is 2.02. The molecule has 0 saturated carbocycles. The molecule has 108 valence electrons. The van der Waals surface area contributed by atoms with E-state index in [4.69, 9.17) is 5.11 Å². The third-order valence-electron chi connectivity index (χ3n) is 2.36. The van der Waals surface area contributed by atoms with Gasteiger partial charge in [-0.15, -0.1) is 24.2 Å². The van der Waals surface area contributed by atoms with Crippen molar-refractivity contribution in [3.05, 3.63) is 24.3 Å². The van der Waals surface area contributed by atoms with E-state index in [0.29, 0.717) is 12.3 Å². The molecule has 3 N–H and O–H groups in total. The molecule has 0 aliphatic rings. The average Bonchev–Trinajstić information content (AvgIpc) is 2.36. The molecule has 6 heteroatoms. The summed E-state index contributed by atoms with van der Waals surface area (Å²) in [4.78, 5) is 12.6. The van der Waals surface area contributed by atoms with Crippen molar-refractivity contribution in [1.82, 2.24) is 10.6 Å². The maximum Gasteiger partial charge on any atom is 0.230 e. The molecule has 19 heavy (non-hydrogen) atoms. The molecular weight excluding hydrogens is 284 g/mol. The van der Waals surface area contributed by atoms with Crippen LogP contribution in [0.1, 0.15) is 13.8 Å². The molecule has 1 aromatic carbocycles. The van der Waals surface area contributed by atoms with Crippen molar-refractivity contribution in [2.75, 3.05) is 18.8 Å². The van der Waals surface area contributed by atoms with Crippen molar-refractivity contribution in [1.29, 1.82) is 0 Å². The first kappa shape index (κ1) is 18.1. The van der Waals surface area contributed by atoms with Crippen LogP contribution < -0.4 is 10.6 Å². The molecule has 0 bridgehead atoms. The SMILES string of the molecule is CCN[C@H](C)CNC(=O)CSc1ccc(O)cc1.Cl. The zero-order valence-electron chi connectivity index (χ0n) is 11.2. The van der Waals surface area contributed by atoms with Crippen molar-refractivity contribution in [2.24, 2.45) is 0 Å². The first-order chi connectivity index (χ1) is 8.61. The largest absolute Gasteiger partial charge is 0.508 e. The fourth-order valence-corrected chi connectivity index (χ4v) is 2.16. The first-order valence-corrected chi connectivity index (χ1v) is 7.02. The number of carbonyl (C=O) groups excluding carboxylic acids is 1. The Bertz CT molecular complexity index is 373. The Kier molecular flexibility index (Phi) is 9.47. The highest BCUT2D eigenvalue weighted by molar-refractivity contribution is 8.00. The standard InChI is InChI=1S/C13H20N2O2S.ClH/c1-3-14-10(2)8-15-13(17)9-18-12-6-4-11(16)5-7-12;/h4-7,10,14,16H,3,8-9H2,1-2H3,(H,15,17);1H/t10-;/m1./s1. The number of carbonyl (C=O) groups is 1. The quantitative estimate of drug-likeness (QED) is 0.675. The van der Waals surface area contributed by atoms with E-state index in [1.807, 2.05) is 13.8 Å². The van der Waals surface area contributed by atoms with Gasteiger partial charge in [0.15, 0.2) is 0 Å². The third-order valence-corrected chi connectivity index (χ3v) is 3.38. The average molecular weight is 305 g/mol. The normalized spacial score (nSPS) is 11.5. The number of thioether (sulfide) groups is 1. The number of aromatic hydroxyl groups is 1. The third kappa shape index (κ3) is 7.97. The van der Waals surface area contributed by atoms with Gasteiger partial charge in [-0.3, -0.25) is 4.79 Å². The number of hydrogen-bond acceptors (Lipinski definition) is 4. The van der Waals surface area contributed by atoms with Crippen LogP contribution in [0, 0.1) is 0 Å². The van der Waals surface area contributed by atoms with Crippen LogP contribution in [-0.4, -0.2) is 35.9 Å². The van der Waals surface area contributed by atoms with Crippen molar-refractivity contribution < 1.29 is 9.90 Å². The number of likely N-dealkylation sites (N-methyl/N-ethyl adjacent to an activating group) is 1. The Labute approximate surface area is 124 Å². The highest BCUT2D eigenvalue weighted by atomic mass is 35.5. The highest BCUT2D eigenvalue weighted by Gasteiger charge is 2.05. The Morgan fingerprint density at radius 1 is 1.37 bits per heavy atom. The topological polar surface area (TPSA) is 61.4 Å². The molecule has 0 aliphatic carbocycles. The summed E-state index contributed by atoms with van der Waals surface area (Å²) in [5.41, 5.74) is 0. The van der Waals surface area contributed by atoms with Crippen LogP contribution in [0.3, 0.4) is 0 Å². The van der Waals surface area contributed by atoms with Gasteiger partial charge in [0.2, 0.25) is 5.91 Å². The van der Waals surface area contributed by atoms with Gasteiger partial charge >= 0.3 is 0 Å².